The van der Waals surface area contributed by atoms with E-state index in [1.165, 1.54) is 6.42 Å². The van der Waals surface area contributed by atoms with E-state index in [-0.39, 0.29) is 18.2 Å². The Balaban J connectivity index is 0.00000128. The average molecular weight is 269 g/mol. The van der Waals surface area contributed by atoms with Gasteiger partial charge in [-0.05, 0) is 38.1 Å². The fraction of sp³-hybridized carbons (Fsp3) is 1.00. The molecule has 0 saturated carbocycles. The van der Waals surface area contributed by atoms with Crippen LogP contribution in [0.3, 0.4) is 0 Å². The Labute approximate surface area is 104 Å². The zero-order valence-corrected chi connectivity index (χ0v) is 11.4. The van der Waals surface area contributed by atoms with Crippen molar-refractivity contribution >= 4 is 22.4 Å². The molecule has 0 aliphatic carbocycles. The van der Waals surface area contributed by atoms with Gasteiger partial charge in [-0.25, -0.2) is 12.7 Å². The van der Waals surface area contributed by atoms with Crippen molar-refractivity contribution in [3.63, 3.8) is 0 Å². The van der Waals surface area contributed by atoms with E-state index in [1.54, 1.807) is 11.2 Å². The van der Waals surface area contributed by atoms with E-state index in [2.05, 4.69) is 5.32 Å². The lowest BCUT2D eigenvalue weighted by molar-refractivity contribution is 0.175. The molecule has 2 rings (SSSR count). The smallest absolute Gasteiger partial charge is 0.213 e. The molecule has 4 nitrogen and oxygen atoms in total. The molecule has 16 heavy (non-hydrogen) atoms. The second-order valence-corrected chi connectivity index (χ2v) is 6.98. The first-order valence-electron chi connectivity index (χ1n) is 5.77. The summed E-state index contributed by atoms with van der Waals surface area (Å²) >= 11 is 0. The van der Waals surface area contributed by atoms with E-state index in [4.69, 9.17) is 0 Å². The predicted molar refractivity (Wildman–Crippen MR) is 67.4 cm³/mol. The van der Waals surface area contributed by atoms with Crippen LogP contribution in [0.15, 0.2) is 0 Å². The number of halogens is 1. The van der Waals surface area contributed by atoms with E-state index in [0.29, 0.717) is 5.41 Å². The first-order chi connectivity index (χ1) is 7.08. The summed E-state index contributed by atoms with van der Waals surface area (Å²) in [6.45, 7) is 5.33. The standard InChI is InChI=1S/C10H20N2O2S.ClH/c1-2-15(13,14)12-7-4-10(5-8-12)3-6-11-9-10;/h11H,2-9H2,1H3;1H. The monoisotopic (exact) mass is 268 g/mol. The lowest BCUT2D eigenvalue weighted by atomic mass is 9.78. The van der Waals surface area contributed by atoms with Gasteiger partial charge in [0.1, 0.15) is 0 Å². The van der Waals surface area contributed by atoms with Gasteiger partial charge >= 0.3 is 0 Å². The Morgan fingerprint density at radius 1 is 1.25 bits per heavy atom. The van der Waals surface area contributed by atoms with E-state index in [1.807, 2.05) is 0 Å². The lowest BCUT2D eigenvalue weighted by Crippen LogP contribution is -2.44. The van der Waals surface area contributed by atoms with Crippen LogP contribution >= 0.6 is 12.4 Å². The number of sulfonamides is 1. The zero-order chi connectivity index (χ0) is 10.9. The summed E-state index contributed by atoms with van der Waals surface area (Å²) in [6, 6.07) is 0. The topological polar surface area (TPSA) is 49.4 Å². The Morgan fingerprint density at radius 3 is 2.31 bits per heavy atom. The highest BCUT2D eigenvalue weighted by molar-refractivity contribution is 7.89. The molecule has 2 fully saturated rings. The summed E-state index contributed by atoms with van der Waals surface area (Å²) in [6.07, 6.45) is 3.27. The fourth-order valence-electron chi connectivity index (χ4n) is 2.64. The van der Waals surface area contributed by atoms with Crippen molar-refractivity contribution < 1.29 is 8.42 Å². The molecule has 0 amide bonds. The molecular formula is C10H21ClN2O2S. The van der Waals surface area contributed by atoms with Gasteiger partial charge in [0, 0.05) is 19.6 Å². The molecule has 1 spiro atoms. The van der Waals surface area contributed by atoms with Crippen molar-refractivity contribution in [2.24, 2.45) is 5.41 Å². The molecule has 2 heterocycles. The van der Waals surface area contributed by atoms with Gasteiger partial charge in [0.2, 0.25) is 10.0 Å². The van der Waals surface area contributed by atoms with E-state index in [0.717, 1.165) is 39.0 Å². The predicted octanol–water partition coefficient (Wildman–Crippen LogP) is 0.833. The molecule has 0 atom stereocenters. The molecule has 0 aromatic heterocycles. The fourth-order valence-corrected chi connectivity index (χ4v) is 3.75. The van der Waals surface area contributed by atoms with E-state index in [9.17, 15) is 8.42 Å². The normalized spacial score (nSPS) is 25.6. The summed E-state index contributed by atoms with van der Waals surface area (Å²) in [5, 5.41) is 3.38. The molecule has 2 saturated heterocycles. The van der Waals surface area contributed by atoms with Gasteiger partial charge in [-0.1, -0.05) is 0 Å². The summed E-state index contributed by atoms with van der Waals surface area (Å²) in [5.74, 6) is 0.234. The quantitative estimate of drug-likeness (QED) is 0.807. The summed E-state index contributed by atoms with van der Waals surface area (Å²) in [4.78, 5) is 0. The van der Waals surface area contributed by atoms with Crippen LogP contribution in [-0.4, -0.2) is 44.7 Å². The molecule has 0 aromatic rings. The van der Waals surface area contributed by atoms with Gasteiger partial charge in [0.05, 0.1) is 5.75 Å². The van der Waals surface area contributed by atoms with Crippen molar-refractivity contribution in [1.82, 2.24) is 9.62 Å². The number of piperidine rings is 1. The number of nitrogens with zero attached hydrogens (tertiary/aromatic N) is 1. The van der Waals surface area contributed by atoms with Gasteiger partial charge in [0.15, 0.2) is 0 Å². The van der Waals surface area contributed by atoms with Crippen molar-refractivity contribution in [3.05, 3.63) is 0 Å². The van der Waals surface area contributed by atoms with Crippen molar-refractivity contribution in [2.45, 2.75) is 26.2 Å². The minimum Gasteiger partial charge on any atom is -0.316 e. The Kier molecular flexibility index (Phi) is 4.63. The van der Waals surface area contributed by atoms with Crippen LogP contribution in [0.4, 0.5) is 0 Å². The highest BCUT2D eigenvalue weighted by atomic mass is 35.5. The van der Waals surface area contributed by atoms with Crippen LogP contribution in [0.1, 0.15) is 26.2 Å². The summed E-state index contributed by atoms with van der Waals surface area (Å²) < 4.78 is 25.0. The van der Waals surface area contributed by atoms with Crippen LogP contribution < -0.4 is 5.32 Å². The minimum atomic E-state index is -2.95. The maximum atomic E-state index is 11.7. The molecule has 6 heteroatoms. The zero-order valence-electron chi connectivity index (χ0n) is 9.74. The van der Waals surface area contributed by atoms with Crippen LogP contribution in [0, 0.1) is 5.41 Å². The van der Waals surface area contributed by atoms with E-state index < -0.39 is 10.0 Å². The highest BCUT2D eigenvalue weighted by Gasteiger charge is 2.39. The first kappa shape index (κ1) is 14.2. The Hall–Kier alpha value is 0.160. The van der Waals surface area contributed by atoms with Gasteiger partial charge in [0.25, 0.3) is 0 Å². The Bertz CT molecular complexity index is 316. The lowest BCUT2D eigenvalue weighted by Gasteiger charge is -2.38. The molecule has 0 radical (unpaired) electrons. The number of rotatable bonds is 2. The van der Waals surface area contributed by atoms with Crippen molar-refractivity contribution in [2.75, 3.05) is 31.9 Å². The van der Waals surface area contributed by atoms with Gasteiger partial charge in [-0.3, -0.25) is 0 Å². The van der Waals surface area contributed by atoms with Gasteiger partial charge in [-0.15, -0.1) is 12.4 Å². The van der Waals surface area contributed by atoms with Crippen LogP contribution in [0.2, 0.25) is 0 Å². The summed E-state index contributed by atoms with van der Waals surface area (Å²) in [7, 11) is -2.95. The van der Waals surface area contributed by atoms with Gasteiger partial charge in [-0.2, -0.15) is 0 Å². The van der Waals surface area contributed by atoms with E-state index >= 15 is 0 Å². The molecule has 0 aromatic carbocycles. The third-order valence-electron chi connectivity index (χ3n) is 3.87. The maximum Gasteiger partial charge on any atom is 0.213 e. The highest BCUT2D eigenvalue weighted by Crippen LogP contribution is 2.37. The second-order valence-electron chi connectivity index (χ2n) is 4.73. The third-order valence-corrected chi connectivity index (χ3v) is 5.75. The molecule has 2 aliphatic rings. The van der Waals surface area contributed by atoms with Crippen LogP contribution in [-0.2, 0) is 10.0 Å². The first-order valence-corrected chi connectivity index (χ1v) is 7.37. The molecule has 96 valence electrons. The maximum absolute atomic E-state index is 11.7. The molecule has 1 N–H and O–H groups in total. The molecular weight excluding hydrogens is 248 g/mol. The third kappa shape index (κ3) is 2.70. The SMILES string of the molecule is CCS(=O)(=O)N1CCC2(CCNC2)CC1.Cl. The van der Waals surface area contributed by atoms with Crippen molar-refractivity contribution in [3.8, 4) is 0 Å². The largest absolute Gasteiger partial charge is 0.316 e. The minimum absolute atomic E-state index is 0. The average Bonchev–Trinajstić information content (AvgIpc) is 2.67. The number of hydrogen-bond donors (Lipinski definition) is 1. The van der Waals surface area contributed by atoms with Gasteiger partial charge < -0.3 is 5.32 Å². The Morgan fingerprint density at radius 2 is 1.88 bits per heavy atom. The van der Waals surface area contributed by atoms with Crippen molar-refractivity contribution in [1.29, 1.82) is 0 Å². The summed E-state index contributed by atoms with van der Waals surface area (Å²) in [5.41, 5.74) is 0.403. The van der Waals surface area contributed by atoms with Crippen LogP contribution in [0.25, 0.3) is 0 Å². The van der Waals surface area contributed by atoms with Crippen LogP contribution in [0.5, 0.6) is 0 Å². The molecule has 0 bridgehead atoms. The number of hydrogen-bond acceptors (Lipinski definition) is 3. The molecule has 0 unspecified atom stereocenters. The second kappa shape index (κ2) is 5.21. The number of nitrogens with one attached hydrogen (secondary N) is 1. The molecule has 2 aliphatic heterocycles.